The van der Waals surface area contributed by atoms with Crippen molar-refractivity contribution in [1.82, 2.24) is 35.5 Å². The van der Waals surface area contributed by atoms with Crippen molar-refractivity contribution in [3.63, 3.8) is 0 Å². The van der Waals surface area contributed by atoms with Crippen LogP contribution in [-0.2, 0) is 30.8 Å². The summed E-state index contributed by atoms with van der Waals surface area (Å²) < 4.78 is 52.1. The van der Waals surface area contributed by atoms with Crippen molar-refractivity contribution >= 4 is 33.8 Å². The molecule has 0 aliphatic rings. The Balaban J connectivity index is 3.15. The fourth-order valence-electron chi connectivity index (χ4n) is 4.66. The van der Waals surface area contributed by atoms with Gasteiger partial charge in [0.2, 0.25) is 34.2 Å². The molecule has 0 aliphatic heterocycles. The zero-order valence-corrected chi connectivity index (χ0v) is 30.7. The fourth-order valence-corrected chi connectivity index (χ4v) is 5.08. The van der Waals surface area contributed by atoms with Gasteiger partial charge in [-0.25, -0.2) is 26.3 Å². The first kappa shape index (κ1) is 42.6. The molecule has 1 aromatic heterocycles. The molecule has 48 heavy (non-hydrogen) atoms. The highest BCUT2D eigenvalue weighted by Crippen LogP contribution is 2.24. The number of urea groups is 1. The number of rotatable bonds is 17. The Morgan fingerprint density at radius 3 is 2.00 bits per heavy atom. The highest BCUT2D eigenvalue weighted by atomic mass is 32.2. The number of hydrogen-bond donors (Lipinski definition) is 4. The Kier molecular flexibility index (Phi) is 16.3. The molecule has 4 atom stereocenters. The predicted molar refractivity (Wildman–Crippen MR) is 181 cm³/mol. The molecule has 0 unspecified atom stereocenters. The van der Waals surface area contributed by atoms with Crippen LogP contribution in [0.4, 0.5) is 13.6 Å². The summed E-state index contributed by atoms with van der Waals surface area (Å²) >= 11 is 0. The van der Waals surface area contributed by atoms with Gasteiger partial charge in [-0.05, 0) is 48.3 Å². The van der Waals surface area contributed by atoms with E-state index in [1.54, 1.807) is 52.2 Å². The minimum absolute atomic E-state index is 0.0137. The molecule has 1 heterocycles. The molecule has 0 bridgehead atoms. The first-order valence-electron chi connectivity index (χ1n) is 16.0. The number of likely N-dealkylation sites (N-methyl/N-ethyl adjacent to an activating group) is 1. The second-order valence-corrected chi connectivity index (χ2v) is 16.3. The van der Waals surface area contributed by atoms with Crippen molar-refractivity contribution in [2.24, 2.45) is 10.8 Å². The first-order chi connectivity index (χ1) is 22.0. The van der Waals surface area contributed by atoms with Gasteiger partial charge in [0.15, 0.2) is 0 Å². The average molecular weight is 704 g/mol. The zero-order chi connectivity index (χ0) is 37.0. The van der Waals surface area contributed by atoms with Crippen molar-refractivity contribution in [2.75, 3.05) is 32.9 Å². The van der Waals surface area contributed by atoms with Crippen LogP contribution in [-0.4, -0.2) is 110 Å². The van der Waals surface area contributed by atoms with Gasteiger partial charge in [-0.3, -0.25) is 19.4 Å². The third kappa shape index (κ3) is 14.4. The van der Waals surface area contributed by atoms with E-state index in [1.165, 1.54) is 18.9 Å². The van der Waals surface area contributed by atoms with Crippen LogP contribution in [0.2, 0.25) is 0 Å². The van der Waals surface area contributed by atoms with E-state index in [9.17, 15) is 36.4 Å². The molecule has 1 aromatic rings. The molecule has 0 radical (unpaired) electrons. The summed E-state index contributed by atoms with van der Waals surface area (Å²) in [5.41, 5.74) is -0.518. The largest absolute Gasteiger partial charge is 0.354 e. The number of hydrogen-bond acceptors (Lipinski definition) is 7. The van der Waals surface area contributed by atoms with Crippen LogP contribution >= 0.6 is 0 Å². The summed E-state index contributed by atoms with van der Waals surface area (Å²) in [6.07, 6.45) is 1.32. The van der Waals surface area contributed by atoms with Crippen molar-refractivity contribution in [2.45, 2.75) is 105 Å². The number of carbonyl (C=O) groups excluding carboxylic acids is 4. The Morgan fingerprint density at radius 2 is 1.52 bits per heavy atom. The van der Waals surface area contributed by atoms with Gasteiger partial charge in [0.1, 0.15) is 18.1 Å². The second kappa shape index (κ2) is 18.4. The maximum atomic E-state index is 14.0. The van der Waals surface area contributed by atoms with Crippen LogP contribution < -0.4 is 21.3 Å². The van der Waals surface area contributed by atoms with Crippen LogP contribution in [0.5, 0.6) is 0 Å². The molecule has 4 N–H and O–H groups in total. The topological polar surface area (TPSA) is 170 Å². The third-order valence-electron chi connectivity index (χ3n) is 7.85. The molecule has 1 rings (SSSR count). The summed E-state index contributed by atoms with van der Waals surface area (Å²) in [7, 11) is -2.13. The summed E-state index contributed by atoms with van der Waals surface area (Å²) in [4.78, 5) is 58.8. The lowest BCUT2D eigenvalue weighted by Gasteiger charge is -2.38. The number of pyridine rings is 1. The molecule has 13 nitrogen and oxygen atoms in total. The summed E-state index contributed by atoms with van der Waals surface area (Å²) in [5.74, 6) is -2.17. The quantitative estimate of drug-likeness (QED) is 0.193. The normalized spacial score (nSPS) is 14.9. The number of nitrogens with one attached hydrogen (secondary N) is 4. The Morgan fingerprint density at radius 1 is 0.938 bits per heavy atom. The molecule has 274 valence electrons. The number of alkyl halides is 2. The third-order valence-corrected chi connectivity index (χ3v) is 9.13. The molecule has 5 amide bonds. The molecule has 0 fully saturated rings. The zero-order valence-electron chi connectivity index (χ0n) is 29.9. The number of carbonyl (C=O) groups is 4. The minimum atomic E-state index is -3.53. The van der Waals surface area contributed by atoms with Gasteiger partial charge in [-0.2, -0.15) is 0 Å². The number of aromatic nitrogens is 1. The van der Waals surface area contributed by atoms with Crippen molar-refractivity contribution in [3.05, 3.63) is 30.1 Å². The molecule has 0 spiro atoms. The summed E-state index contributed by atoms with van der Waals surface area (Å²) in [6.45, 7) is 14.2. The van der Waals surface area contributed by atoms with Crippen molar-refractivity contribution < 1.29 is 36.4 Å². The van der Waals surface area contributed by atoms with E-state index < -0.39 is 81.6 Å². The van der Waals surface area contributed by atoms with Crippen LogP contribution in [0.3, 0.4) is 0 Å². The molecule has 0 aromatic carbocycles. The molecule has 0 aliphatic carbocycles. The van der Waals surface area contributed by atoms with Crippen molar-refractivity contribution in [3.8, 4) is 0 Å². The van der Waals surface area contributed by atoms with E-state index in [2.05, 4.69) is 26.3 Å². The SMILES string of the molecule is CCCN(C(=O)[C@@H](NC(=O)N[C@H](CN(C)S(C)(=O)=O)C(C)(C)C)C(C)(C)C)[C@@H](C)C(=O)N[C@@H](CC(F)F)C(=O)NCCc1ccncc1. The van der Waals surface area contributed by atoms with Crippen molar-refractivity contribution in [1.29, 1.82) is 0 Å². The van der Waals surface area contributed by atoms with Gasteiger partial charge >= 0.3 is 6.03 Å². The summed E-state index contributed by atoms with van der Waals surface area (Å²) in [6, 6.07) is -1.68. The Labute approximate surface area is 284 Å². The minimum Gasteiger partial charge on any atom is -0.354 e. The van der Waals surface area contributed by atoms with E-state index >= 15 is 0 Å². The second-order valence-electron chi connectivity index (χ2n) is 14.2. The highest BCUT2D eigenvalue weighted by Gasteiger charge is 2.40. The van der Waals surface area contributed by atoms with Gasteiger partial charge in [0.05, 0.1) is 6.26 Å². The van der Waals surface area contributed by atoms with Crippen LogP contribution in [0.1, 0.15) is 73.8 Å². The van der Waals surface area contributed by atoms with Crippen LogP contribution in [0, 0.1) is 10.8 Å². The monoisotopic (exact) mass is 703 g/mol. The van der Waals surface area contributed by atoms with E-state index in [1.807, 2.05) is 20.8 Å². The summed E-state index contributed by atoms with van der Waals surface area (Å²) in [5, 5.41) is 10.5. The predicted octanol–water partition coefficient (Wildman–Crippen LogP) is 2.53. The maximum absolute atomic E-state index is 14.0. The highest BCUT2D eigenvalue weighted by molar-refractivity contribution is 7.88. The fraction of sp³-hybridized carbons (Fsp3) is 0.719. The van der Waals surface area contributed by atoms with Gasteiger partial charge in [-0.1, -0.05) is 48.5 Å². The molecular weight excluding hydrogens is 648 g/mol. The average Bonchev–Trinajstić information content (AvgIpc) is 2.95. The van der Waals surface area contributed by atoms with E-state index in [0.29, 0.717) is 12.8 Å². The number of amides is 5. The Hall–Kier alpha value is -3.40. The number of sulfonamides is 1. The molecule has 0 saturated carbocycles. The van der Waals surface area contributed by atoms with E-state index in [0.717, 1.165) is 16.1 Å². The molecule has 16 heteroatoms. The number of halogens is 2. The van der Waals surface area contributed by atoms with Crippen LogP contribution in [0.15, 0.2) is 24.5 Å². The van der Waals surface area contributed by atoms with Crippen LogP contribution in [0.25, 0.3) is 0 Å². The Bertz CT molecular complexity index is 1320. The van der Waals surface area contributed by atoms with Gasteiger partial charge in [0.25, 0.3) is 0 Å². The molecule has 0 saturated heterocycles. The lowest BCUT2D eigenvalue weighted by atomic mass is 9.85. The first-order valence-corrected chi connectivity index (χ1v) is 17.9. The van der Waals surface area contributed by atoms with Gasteiger partial charge in [0, 0.05) is 51.5 Å². The smallest absolute Gasteiger partial charge is 0.315 e. The van der Waals surface area contributed by atoms with Gasteiger partial charge < -0.3 is 26.2 Å². The lowest BCUT2D eigenvalue weighted by molar-refractivity contribution is -0.144. The van der Waals surface area contributed by atoms with E-state index in [-0.39, 0.29) is 19.6 Å². The van der Waals surface area contributed by atoms with Gasteiger partial charge in [-0.15, -0.1) is 0 Å². The lowest BCUT2D eigenvalue weighted by Crippen LogP contribution is -2.62. The standard InChI is InChI=1S/C32H55F2N7O6S/c1-11-18-41(21(2)27(42)37-23(19-25(33)34)28(43)36-17-14-22-12-15-35-16-13-22)29(44)26(32(6,7)8)39-30(45)38-24(31(3,4)5)20-40(9)48(10,46)47/h12-13,15-16,21,23-26H,11,14,17-20H2,1-10H3,(H,36,43)(H,37,42)(H2,38,39,45)/t21-,23-,24+,26+/m0/s1. The number of nitrogens with zero attached hydrogens (tertiary/aromatic N) is 3. The molecular formula is C32H55F2N7O6S. The van der Waals surface area contributed by atoms with E-state index in [4.69, 9.17) is 0 Å². The maximum Gasteiger partial charge on any atom is 0.315 e.